The number of nitrogens with zero attached hydrogens (tertiary/aromatic N) is 2. The summed E-state index contributed by atoms with van der Waals surface area (Å²) in [6.45, 7) is 7.46. The zero-order valence-electron chi connectivity index (χ0n) is 12.9. The van der Waals surface area contributed by atoms with Crippen LogP contribution in [0.4, 0.5) is 0 Å². The quantitative estimate of drug-likeness (QED) is 0.873. The molecule has 3 heteroatoms. The average Bonchev–Trinajstić information content (AvgIpc) is 2.82. The minimum Gasteiger partial charge on any atom is -0.333 e. The third-order valence-corrected chi connectivity index (χ3v) is 3.68. The van der Waals surface area contributed by atoms with Crippen molar-refractivity contribution in [2.75, 3.05) is 7.05 Å². The third-order valence-electron chi connectivity index (χ3n) is 3.68. The van der Waals surface area contributed by atoms with Crippen LogP contribution in [-0.2, 0) is 13.0 Å². The lowest BCUT2D eigenvalue weighted by molar-refractivity contribution is 0.493. The summed E-state index contributed by atoms with van der Waals surface area (Å²) in [6.07, 6.45) is 5.03. The van der Waals surface area contributed by atoms with E-state index in [1.165, 1.54) is 11.1 Å². The van der Waals surface area contributed by atoms with Gasteiger partial charge in [-0.3, -0.25) is 0 Å². The number of hydrogen-bond donors (Lipinski definition) is 1. The van der Waals surface area contributed by atoms with E-state index >= 15 is 0 Å². The summed E-state index contributed by atoms with van der Waals surface area (Å²) in [5.74, 6) is 1.76. The highest BCUT2D eigenvalue weighted by molar-refractivity contribution is 5.25. The molecule has 3 nitrogen and oxygen atoms in total. The summed E-state index contributed by atoms with van der Waals surface area (Å²) in [5, 5.41) is 3.40. The number of likely N-dealkylation sites (N-methyl/N-ethyl adjacent to an activating group) is 1. The van der Waals surface area contributed by atoms with Gasteiger partial charge in [-0.2, -0.15) is 0 Å². The fraction of sp³-hybridized carbons (Fsp3) is 0.471. The molecule has 2 aromatic rings. The Hall–Kier alpha value is -1.61. The second kappa shape index (κ2) is 6.71. The molecule has 1 unspecified atom stereocenters. The third kappa shape index (κ3) is 3.70. The Labute approximate surface area is 122 Å². The average molecular weight is 271 g/mol. The normalized spacial score (nSPS) is 12.8. The topological polar surface area (TPSA) is 29.9 Å². The van der Waals surface area contributed by atoms with Gasteiger partial charge in [0.2, 0.25) is 0 Å². The molecule has 0 aliphatic rings. The fourth-order valence-electron chi connectivity index (χ4n) is 2.51. The predicted molar refractivity (Wildman–Crippen MR) is 83.7 cm³/mol. The minimum atomic E-state index is 0.316. The van der Waals surface area contributed by atoms with Crippen molar-refractivity contribution >= 4 is 0 Å². The molecule has 0 saturated heterocycles. The number of aromatic nitrogens is 2. The molecular weight excluding hydrogens is 246 g/mol. The molecule has 2 rings (SSSR count). The zero-order chi connectivity index (χ0) is 14.5. The van der Waals surface area contributed by atoms with Crippen LogP contribution in [0, 0.1) is 12.8 Å². The van der Waals surface area contributed by atoms with Gasteiger partial charge in [0, 0.05) is 25.0 Å². The molecule has 0 amide bonds. The van der Waals surface area contributed by atoms with Gasteiger partial charge < -0.3 is 9.88 Å². The van der Waals surface area contributed by atoms with Crippen LogP contribution in [0.25, 0.3) is 0 Å². The Balaban J connectivity index is 2.09. The lowest BCUT2D eigenvalue weighted by Gasteiger charge is -2.18. The summed E-state index contributed by atoms with van der Waals surface area (Å²) in [5.41, 5.74) is 2.74. The smallest absolute Gasteiger partial charge is 0.105 e. The maximum atomic E-state index is 4.28. The maximum absolute atomic E-state index is 4.28. The lowest BCUT2D eigenvalue weighted by Crippen LogP contribution is -2.22. The number of nitrogens with one attached hydrogen (secondary N) is 1. The first-order valence-corrected chi connectivity index (χ1v) is 7.34. The van der Waals surface area contributed by atoms with Crippen LogP contribution in [0.3, 0.4) is 0 Å². The van der Waals surface area contributed by atoms with Crippen LogP contribution in [0.15, 0.2) is 36.7 Å². The van der Waals surface area contributed by atoms with Crippen LogP contribution in [0.1, 0.15) is 36.8 Å². The predicted octanol–water partition coefficient (Wildman–Crippen LogP) is 3.35. The van der Waals surface area contributed by atoms with Crippen molar-refractivity contribution in [1.29, 1.82) is 0 Å². The summed E-state index contributed by atoms with van der Waals surface area (Å²) in [4.78, 5) is 4.28. The molecule has 0 aliphatic heterocycles. The molecule has 0 radical (unpaired) electrons. The summed E-state index contributed by atoms with van der Waals surface area (Å²) in [7, 11) is 2.01. The van der Waals surface area contributed by atoms with E-state index in [9.17, 15) is 0 Å². The molecular formula is C17H25N3. The Morgan fingerprint density at radius 3 is 2.40 bits per heavy atom. The van der Waals surface area contributed by atoms with Crippen molar-refractivity contribution in [2.24, 2.45) is 5.92 Å². The van der Waals surface area contributed by atoms with Crippen molar-refractivity contribution in [3.63, 3.8) is 0 Å². The van der Waals surface area contributed by atoms with Gasteiger partial charge in [0.15, 0.2) is 0 Å². The second-order valence-electron chi connectivity index (χ2n) is 5.81. The highest BCUT2D eigenvalue weighted by Gasteiger charge is 2.11. The molecule has 0 aliphatic carbocycles. The molecule has 1 aromatic carbocycles. The molecule has 20 heavy (non-hydrogen) atoms. The number of rotatable bonds is 6. The Bertz CT molecular complexity index is 525. The molecule has 108 valence electrons. The monoisotopic (exact) mass is 271 g/mol. The summed E-state index contributed by atoms with van der Waals surface area (Å²) in [6, 6.07) is 9.30. The van der Waals surface area contributed by atoms with Gasteiger partial charge in [-0.15, -0.1) is 0 Å². The molecule has 1 N–H and O–H groups in total. The standard InChI is InChI=1S/C17H25N3/c1-13(2)11-15-5-7-16(8-6-15)17(18-4)12-20-10-9-19-14(20)3/h5-10,13,17-18H,11-12H2,1-4H3. The highest BCUT2D eigenvalue weighted by Crippen LogP contribution is 2.18. The van der Waals surface area contributed by atoms with Crippen molar-refractivity contribution in [3.8, 4) is 0 Å². The van der Waals surface area contributed by atoms with E-state index in [1.807, 2.05) is 26.4 Å². The fourth-order valence-corrected chi connectivity index (χ4v) is 2.51. The summed E-state index contributed by atoms with van der Waals surface area (Å²) < 4.78 is 2.18. The Kier molecular flexibility index (Phi) is 4.96. The zero-order valence-corrected chi connectivity index (χ0v) is 12.9. The molecule has 0 bridgehead atoms. The first-order valence-electron chi connectivity index (χ1n) is 7.34. The largest absolute Gasteiger partial charge is 0.333 e. The van der Waals surface area contributed by atoms with Crippen LogP contribution in [0.5, 0.6) is 0 Å². The first kappa shape index (κ1) is 14.8. The van der Waals surface area contributed by atoms with Gasteiger partial charge in [0.25, 0.3) is 0 Å². The van der Waals surface area contributed by atoms with Crippen LogP contribution < -0.4 is 5.32 Å². The highest BCUT2D eigenvalue weighted by atomic mass is 15.1. The minimum absolute atomic E-state index is 0.316. The SMILES string of the molecule is CNC(Cn1ccnc1C)c1ccc(CC(C)C)cc1. The first-order chi connectivity index (χ1) is 9.60. The summed E-state index contributed by atoms with van der Waals surface area (Å²) >= 11 is 0. The van der Waals surface area contributed by atoms with Crippen LogP contribution in [0.2, 0.25) is 0 Å². The molecule has 1 atom stereocenters. The molecule has 1 aromatic heterocycles. The van der Waals surface area contributed by atoms with Gasteiger partial charge in [-0.25, -0.2) is 4.98 Å². The van der Waals surface area contributed by atoms with E-state index in [2.05, 4.69) is 53.0 Å². The van der Waals surface area contributed by atoms with Crippen molar-refractivity contribution in [2.45, 2.75) is 39.8 Å². The van der Waals surface area contributed by atoms with Gasteiger partial charge in [0.05, 0.1) is 0 Å². The van der Waals surface area contributed by atoms with Gasteiger partial charge >= 0.3 is 0 Å². The molecule has 0 spiro atoms. The van der Waals surface area contributed by atoms with Crippen LogP contribution in [-0.4, -0.2) is 16.6 Å². The van der Waals surface area contributed by atoms with Crippen LogP contribution >= 0.6 is 0 Å². The van der Waals surface area contributed by atoms with Gasteiger partial charge in [0.1, 0.15) is 5.82 Å². The number of aryl methyl sites for hydroxylation is 1. The maximum Gasteiger partial charge on any atom is 0.105 e. The number of benzene rings is 1. The van der Waals surface area contributed by atoms with Gasteiger partial charge in [-0.05, 0) is 37.4 Å². The second-order valence-corrected chi connectivity index (χ2v) is 5.81. The Morgan fingerprint density at radius 1 is 1.20 bits per heavy atom. The van der Waals surface area contributed by atoms with Crippen molar-refractivity contribution in [3.05, 3.63) is 53.6 Å². The van der Waals surface area contributed by atoms with E-state index in [-0.39, 0.29) is 0 Å². The van der Waals surface area contributed by atoms with E-state index in [4.69, 9.17) is 0 Å². The van der Waals surface area contributed by atoms with E-state index in [0.29, 0.717) is 12.0 Å². The molecule has 0 saturated carbocycles. The van der Waals surface area contributed by atoms with Crippen molar-refractivity contribution < 1.29 is 0 Å². The van der Waals surface area contributed by atoms with E-state index < -0.39 is 0 Å². The van der Waals surface area contributed by atoms with Gasteiger partial charge in [-0.1, -0.05) is 38.1 Å². The number of hydrogen-bond acceptors (Lipinski definition) is 2. The molecule has 0 fully saturated rings. The Morgan fingerprint density at radius 2 is 1.90 bits per heavy atom. The van der Waals surface area contributed by atoms with E-state index in [1.54, 1.807) is 0 Å². The van der Waals surface area contributed by atoms with Crippen molar-refractivity contribution in [1.82, 2.24) is 14.9 Å². The molecule has 1 heterocycles. The lowest BCUT2D eigenvalue weighted by atomic mass is 9.99. The van der Waals surface area contributed by atoms with E-state index in [0.717, 1.165) is 18.8 Å². The number of imidazole rings is 1.